The van der Waals surface area contributed by atoms with Crippen molar-refractivity contribution < 1.29 is 4.42 Å². The van der Waals surface area contributed by atoms with Crippen LogP contribution in [0.15, 0.2) is 27.7 Å². The molecule has 0 radical (unpaired) electrons. The van der Waals surface area contributed by atoms with Crippen LogP contribution in [-0.2, 0) is 0 Å². The standard InChI is InChI=1S/C7H6N2O2/c8-5-3-9-7(10)4-1-2-11-6(4)5/h1-3H,8H2,(H,9,10). The smallest absolute Gasteiger partial charge is 0.259 e. The second kappa shape index (κ2) is 1.88. The molecule has 11 heavy (non-hydrogen) atoms. The first-order chi connectivity index (χ1) is 5.29. The summed E-state index contributed by atoms with van der Waals surface area (Å²) < 4.78 is 4.98. The van der Waals surface area contributed by atoms with Crippen molar-refractivity contribution in [3.8, 4) is 0 Å². The fraction of sp³-hybridized carbons (Fsp3) is 0. The topological polar surface area (TPSA) is 72.0 Å². The molecule has 3 N–H and O–H groups in total. The number of aromatic amines is 1. The summed E-state index contributed by atoms with van der Waals surface area (Å²) in [6.07, 6.45) is 2.87. The van der Waals surface area contributed by atoms with E-state index in [1.807, 2.05) is 0 Å². The lowest BCUT2D eigenvalue weighted by molar-refractivity contribution is 0.617. The zero-order valence-corrected chi connectivity index (χ0v) is 5.63. The lowest BCUT2D eigenvalue weighted by atomic mass is 10.3. The number of nitrogens with two attached hydrogens (primary N) is 1. The van der Waals surface area contributed by atoms with E-state index in [2.05, 4.69) is 4.98 Å². The van der Waals surface area contributed by atoms with Crippen molar-refractivity contribution in [1.29, 1.82) is 0 Å². The highest BCUT2D eigenvalue weighted by Gasteiger charge is 2.03. The number of hydrogen-bond acceptors (Lipinski definition) is 3. The summed E-state index contributed by atoms with van der Waals surface area (Å²) in [4.78, 5) is 13.5. The summed E-state index contributed by atoms with van der Waals surface area (Å²) in [6, 6.07) is 1.59. The average molecular weight is 150 g/mol. The van der Waals surface area contributed by atoms with Crippen LogP contribution in [0, 0.1) is 0 Å². The Morgan fingerprint density at radius 2 is 2.36 bits per heavy atom. The predicted molar refractivity (Wildman–Crippen MR) is 41.2 cm³/mol. The van der Waals surface area contributed by atoms with Gasteiger partial charge in [-0.15, -0.1) is 0 Å². The van der Waals surface area contributed by atoms with E-state index < -0.39 is 0 Å². The van der Waals surface area contributed by atoms with E-state index in [1.54, 1.807) is 6.07 Å². The maximum atomic E-state index is 11.0. The Labute approximate surface area is 61.6 Å². The van der Waals surface area contributed by atoms with Crippen molar-refractivity contribution >= 4 is 16.7 Å². The van der Waals surface area contributed by atoms with Gasteiger partial charge in [0.2, 0.25) is 0 Å². The molecule has 2 aromatic heterocycles. The quantitative estimate of drug-likeness (QED) is 0.580. The number of furan rings is 1. The number of hydrogen-bond donors (Lipinski definition) is 2. The third kappa shape index (κ3) is 0.724. The van der Waals surface area contributed by atoms with Crippen molar-refractivity contribution in [2.24, 2.45) is 0 Å². The molecular formula is C7H6N2O2. The first-order valence-electron chi connectivity index (χ1n) is 3.13. The SMILES string of the molecule is Nc1c[nH]c(=O)c2ccoc12. The number of aromatic nitrogens is 1. The molecule has 0 saturated carbocycles. The summed E-state index contributed by atoms with van der Waals surface area (Å²) in [5.41, 5.74) is 6.23. The number of H-pyrrole nitrogens is 1. The molecule has 0 saturated heterocycles. The second-order valence-corrected chi connectivity index (χ2v) is 2.24. The molecule has 0 aliphatic rings. The molecule has 0 aliphatic heterocycles. The molecule has 2 aromatic rings. The van der Waals surface area contributed by atoms with Gasteiger partial charge in [0, 0.05) is 6.20 Å². The Morgan fingerprint density at radius 1 is 1.55 bits per heavy atom. The molecule has 2 rings (SSSR count). The number of nitrogens with one attached hydrogen (secondary N) is 1. The van der Waals surface area contributed by atoms with Crippen LogP contribution < -0.4 is 11.3 Å². The first-order valence-corrected chi connectivity index (χ1v) is 3.13. The molecule has 2 heterocycles. The number of anilines is 1. The molecule has 56 valence electrons. The van der Waals surface area contributed by atoms with Crippen molar-refractivity contribution in [2.75, 3.05) is 5.73 Å². The second-order valence-electron chi connectivity index (χ2n) is 2.24. The molecule has 0 aliphatic carbocycles. The lowest BCUT2D eigenvalue weighted by Crippen LogP contribution is -2.04. The van der Waals surface area contributed by atoms with Gasteiger partial charge in [-0.1, -0.05) is 0 Å². The molecule has 4 heteroatoms. The van der Waals surface area contributed by atoms with E-state index >= 15 is 0 Å². The van der Waals surface area contributed by atoms with Crippen molar-refractivity contribution in [3.63, 3.8) is 0 Å². The van der Waals surface area contributed by atoms with Gasteiger partial charge in [0.15, 0.2) is 5.58 Å². The summed E-state index contributed by atoms with van der Waals surface area (Å²) in [5.74, 6) is 0. The van der Waals surface area contributed by atoms with Crippen LogP contribution in [0.4, 0.5) is 5.69 Å². The van der Waals surface area contributed by atoms with Gasteiger partial charge in [-0.05, 0) is 6.07 Å². The number of fused-ring (bicyclic) bond motifs is 1. The third-order valence-corrected chi connectivity index (χ3v) is 1.53. The van der Waals surface area contributed by atoms with Gasteiger partial charge in [-0.3, -0.25) is 4.79 Å². The molecule has 0 aromatic carbocycles. The number of rotatable bonds is 0. The van der Waals surface area contributed by atoms with Crippen LogP contribution in [-0.4, -0.2) is 4.98 Å². The van der Waals surface area contributed by atoms with Gasteiger partial charge >= 0.3 is 0 Å². The largest absolute Gasteiger partial charge is 0.462 e. The van der Waals surface area contributed by atoms with E-state index in [-0.39, 0.29) is 5.56 Å². The van der Waals surface area contributed by atoms with Gasteiger partial charge in [0.25, 0.3) is 5.56 Å². The van der Waals surface area contributed by atoms with E-state index in [1.165, 1.54) is 12.5 Å². The number of nitrogen functional groups attached to an aromatic ring is 1. The molecule has 0 bridgehead atoms. The van der Waals surface area contributed by atoms with E-state index in [4.69, 9.17) is 10.2 Å². The minimum atomic E-state index is -0.178. The molecule has 0 fully saturated rings. The summed E-state index contributed by atoms with van der Waals surface area (Å²) in [7, 11) is 0. The fourth-order valence-corrected chi connectivity index (χ4v) is 0.998. The predicted octanol–water partition coefficient (Wildman–Crippen LogP) is 0.703. The monoisotopic (exact) mass is 150 g/mol. The van der Waals surface area contributed by atoms with Gasteiger partial charge in [-0.25, -0.2) is 0 Å². The Hall–Kier alpha value is -1.71. The maximum absolute atomic E-state index is 11.0. The van der Waals surface area contributed by atoms with Gasteiger partial charge < -0.3 is 15.1 Å². The molecule has 0 atom stereocenters. The highest BCUT2D eigenvalue weighted by molar-refractivity contribution is 5.86. The third-order valence-electron chi connectivity index (χ3n) is 1.53. The van der Waals surface area contributed by atoms with Crippen molar-refractivity contribution in [1.82, 2.24) is 4.98 Å². The fourth-order valence-electron chi connectivity index (χ4n) is 0.998. The van der Waals surface area contributed by atoms with Crippen LogP contribution in [0.5, 0.6) is 0 Å². The van der Waals surface area contributed by atoms with E-state index in [0.717, 1.165) is 0 Å². The zero-order valence-electron chi connectivity index (χ0n) is 5.63. The van der Waals surface area contributed by atoms with Gasteiger partial charge in [-0.2, -0.15) is 0 Å². The van der Waals surface area contributed by atoms with Gasteiger partial charge in [0.05, 0.1) is 17.3 Å². The highest BCUT2D eigenvalue weighted by atomic mass is 16.3. The summed E-state index contributed by atoms with van der Waals surface area (Å²) in [6.45, 7) is 0. The summed E-state index contributed by atoms with van der Waals surface area (Å²) in [5, 5.41) is 0.491. The average Bonchev–Trinajstić information content (AvgIpc) is 2.45. The van der Waals surface area contributed by atoms with E-state index in [9.17, 15) is 4.79 Å². The molecule has 4 nitrogen and oxygen atoms in total. The number of pyridine rings is 1. The zero-order chi connectivity index (χ0) is 7.84. The minimum Gasteiger partial charge on any atom is -0.462 e. The van der Waals surface area contributed by atoms with Crippen molar-refractivity contribution in [3.05, 3.63) is 28.9 Å². The Bertz CT molecular complexity index is 441. The maximum Gasteiger partial charge on any atom is 0.259 e. The van der Waals surface area contributed by atoms with Gasteiger partial charge in [0.1, 0.15) is 0 Å². The molecule has 0 amide bonds. The van der Waals surface area contributed by atoms with Crippen LogP contribution in [0.25, 0.3) is 11.0 Å². The first kappa shape index (κ1) is 6.03. The lowest BCUT2D eigenvalue weighted by Gasteiger charge is -1.91. The Morgan fingerprint density at radius 3 is 3.09 bits per heavy atom. The van der Waals surface area contributed by atoms with Crippen molar-refractivity contribution in [2.45, 2.75) is 0 Å². The van der Waals surface area contributed by atoms with Crippen LogP contribution in [0.1, 0.15) is 0 Å². The summed E-state index contributed by atoms with van der Waals surface area (Å²) >= 11 is 0. The normalized spacial score (nSPS) is 10.5. The Kier molecular flexibility index (Phi) is 1.03. The van der Waals surface area contributed by atoms with Crippen LogP contribution in [0.3, 0.4) is 0 Å². The molecular weight excluding hydrogens is 144 g/mol. The van der Waals surface area contributed by atoms with Crippen LogP contribution >= 0.6 is 0 Å². The van der Waals surface area contributed by atoms with Crippen LogP contribution in [0.2, 0.25) is 0 Å². The molecule has 0 spiro atoms. The Balaban J connectivity index is 3.08. The minimum absolute atomic E-state index is 0.178. The van der Waals surface area contributed by atoms with E-state index in [0.29, 0.717) is 16.7 Å². The highest BCUT2D eigenvalue weighted by Crippen LogP contribution is 2.16. The molecule has 0 unspecified atom stereocenters.